The first kappa shape index (κ1) is 27.8. The highest BCUT2D eigenvalue weighted by molar-refractivity contribution is 8.18. The number of thioether (sulfide) groups is 1. The van der Waals surface area contributed by atoms with E-state index in [1.165, 1.54) is 30.3 Å². The van der Waals surface area contributed by atoms with Crippen LogP contribution in [0.15, 0.2) is 76.5 Å². The lowest BCUT2D eigenvalue weighted by Gasteiger charge is -2.15. The van der Waals surface area contributed by atoms with Gasteiger partial charge in [0.2, 0.25) is 5.75 Å². The van der Waals surface area contributed by atoms with Crippen molar-refractivity contribution < 1.29 is 31.7 Å². The van der Waals surface area contributed by atoms with Gasteiger partial charge in [-0.15, -0.1) is 0 Å². The number of benzene rings is 3. The Morgan fingerprint density at radius 3 is 2.34 bits per heavy atom. The van der Waals surface area contributed by atoms with Crippen molar-refractivity contribution in [3.05, 3.63) is 87.2 Å². The van der Waals surface area contributed by atoms with Gasteiger partial charge in [-0.25, -0.2) is 0 Å². The van der Waals surface area contributed by atoms with Crippen molar-refractivity contribution in [1.82, 2.24) is 4.90 Å². The van der Waals surface area contributed by atoms with E-state index in [1.54, 1.807) is 49.4 Å². The molecule has 4 rings (SSSR count). The van der Waals surface area contributed by atoms with Crippen LogP contribution in [-0.2, 0) is 14.9 Å². The second-order valence-electron chi connectivity index (χ2n) is 7.73. The first-order valence-corrected chi connectivity index (χ1v) is 14.3. The zero-order valence-electron chi connectivity index (χ0n) is 19.9. The van der Waals surface area contributed by atoms with Gasteiger partial charge in [-0.3, -0.25) is 14.5 Å². The van der Waals surface area contributed by atoms with Gasteiger partial charge in [0.05, 0.1) is 28.1 Å². The third-order valence-corrected chi connectivity index (χ3v) is 7.87. The second kappa shape index (κ2) is 12.1. The molecule has 0 bridgehead atoms. The van der Waals surface area contributed by atoms with Gasteiger partial charge >= 0.3 is 10.1 Å². The second-order valence-corrected chi connectivity index (χ2v) is 11.1. The van der Waals surface area contributed by atoms with Crippen LogP contribution in [0.25, 0.3) is 6.08 Å². The van der Waals surface area contributed by atoms with Gasteiger partial charge in [-0.1, -0.05) is 53.5 Å². The Kier molecular flexibility index (Phi) is 8.88. The molecule has 1 aliphatic rings. The molecule has 198 valence electrons. The zero-order valence-corrected chi connectivity index (χ0v) is 23.1. The largest absolute Gasteiger partial charge is 0.490 e. The SMILES string of the molecule is CCOc1cc(/C=C2\SC(=O)N(CCOc3ccccc3Cl)C2=O)cc(Cl)c1OS(=O)(=O)c1ccccc1. The summed E-state index contributed by atoms with van der Waals surface area (Å²) < 4.78 is 41.9. The third kappa shape index (κ3) is 6.44. The van der Waals surface area contributed by atoms with E-state index in [1.807, 2.05) is 0 Å². The molecule has 0 spiro atoms. The van der Waals surface area contributed by atoms with Crippen LogP contribution in [0.4, 0.5) is 4.79 Å². The molecule has 0 N–H and O–H groups in total. The van der Waals surface area contributed by atoms with Gasteiger partial charge in [0.25, 0.3) is 11.1 Å². The van der Waals surface area contributed by atoms with E-state index < -0.39 is 21.3 Å². The van der Waals surface area contributed by atoms with E-state index in [9.17, 15) is 18.0 Å². The molecule has 0 radical (unpaired) electrons. The predicted octanol–water partition coefficient (Wildman–Crippen LogP) is 6.28. The molecular formula is C26H21Cl2NO7S2. The number of nitrogens with zero attached hydrogens (tertiary/aromatic N) is 1. The number of para-hydroxylation sites is 1. The molecule has 1 fully saturated rings. The maximum atomic E-state index is 12.9. The number of hydrogen-bond donors (Lipinski definition) is 0. The molecule has 3 aromatic rings. The van der Waals surface area contributed by atoms with Crippen LogP contribution < -0.4 is 13.7 Å². The van der Waals surface area contributed by atoms with Crippen molar-refractivity contribution >= 4 is 62.3 Å². The zero-order chi connectivity index (χ0) is 27.3. The topological polar surface area (TPSA) is 99.2 Å². The summed E-state index contributed by atoms with van der Waals surface area (Å²) in [6, 6.07) is 17.4. The summed E-state index contributed by atoms with van der Waals surface area (Å²) in [6.07, 6.45) is 1.48. The summed E-state index contributed by atoms with van der Waals surface area (Å²) in [4.78, 5) is 26.6. The Hall–Kier alpha value is -3.18. The molecule has 3 aromatic carbocycles. The first-order chi connectivity index (χ1) is 18.2. The van der Waals surface area contributed by atoms with E-state index in [-0.39, 0.29) is 46.1 Å². The molecule has 0 saturated carbocycles. The average Bonchev–Trinajstić information content (AvgIpc) is 3.15. The standard InChI is InChI=1S/C26H21Cl2NO7S2/c1-2-34-22-15-17(14-20(28)24(22)36-38(32,33)18-8-4-3-5-9-18)16-23-25(30)29(26(31)37-23)12-13-35-21-11-7-6-10-19(21)27/h3-11,14-16H,2,12-13H2,1H3/b23-16-. The van der Waals surface area contributed by atoms with Crippen molar-refractivity contribution in [1.29, 1.82) is 0 Å². The molecule has 0 aromatic heterocycles. The van der Waals surface area contributed by atoms with Crippen LogP contribution in [0.2, 0.25) is 10.0 Å². The predicted molar refractivity (Wildman–Crippen MR) is 147 cm³/mol. The van der Waals surface area contributed by atoms with Crippen molar-refractivity contribution in [2.24, 2.45) is 0 Å². The molecule has 0 atom stereocenters. The number of carbonyl (C=O) groups is 2. The number of hydrogen-bond acceptors (Lipinski definition) is 8. The Balaban J connectivity index is 1.52. The van der Waals surface area contributed by atoms with Crippen molar-refractivity contribution in [2.45, 2.75) is 11.8 Å². The van der Waals surface area contributed by atoms with Gasteiger partial charge in [0.15, 0.2) is 5.75 Å². The number of carbonyl (C=O) groups excluding carboxylic acids is 2. The van der Waals surface area contributed by atoms with Gasteiger partial charge in [-0.2, -0.15) is 8.42 Å². The Labute approximate surface area is 234 Å². The van der Waals surface area contributed by atoms with Gasteiger partial charge < -0.3 is 13.7 Å². The Morgan fingerprint density at radius 2 is 1.63 bits per heavy atom. The highest BCUT2D eigenvalue weighted by atomic mass is 35.5. The lowest BCUT2D eigenvalue weighted by atomic mass is 10.2. The van der Waals surface area contributed by atoms with Crippen molar-refractivity contribution in [3.8, 4) is 17.2 Å². The monoisotopic (exact) mass is 593 g/mol. The number of rotatable bonds is 10. The summed E-state index contributed by atoms with van der Waals surface area (Å²) in [5.74, 6) is -0.160. The number of amides is 2. The molecule has 1 saturated heterocycles. The van der Waals surface area contributed by atoms with Crippen LogP contribution in [-0.4, -0.2) is 44.2 Å². The lowest BCUT2D eigenvalue weighted by Crippen LogP contribution is -2.32. The molecule has 0 unspecified atom stereocenters. The third-order valence-electron chi connectivity index (χ3n) is 5.14. The Morgan fingerprint density at radius 1 is 0.921 bits per heavy atom. The molecule has 1 heterocycles. The molecular weight excluding hydrogens is 573 g/mol. The lowest BCUT2D eigenvalue weighted by molar-refractivity contribution is -0.123. The molecule has 8 nitrogen and oxygen atoms in total. The summed E-state index contributed by atoms with van der Waals surface area (Å²) in [5, 5.41) is -0.0735. The van der Waals surface area contributed by atoms with Crippen LogP contribution in [0.3, 0.4) is 0 Å². The minimum atomic E-state index is -4.18. The number of ether oxygens (including phenoxy) is 2. The van der Waals surface area contributed by atoms with E-state index in [4.69, 9.17) is 36.9 Å². The van der Waals surface area contributed by atoms with Gasteiger partial charge in [0.1, 0.15) is 17.3 Å². The van der Waals surface area contributed by atoms with Crippen molar-refractivity contribution in [3.63, 3.8) is 0 Å². The summed E-state index contributed by atoms with van der Waals surface area (Å²) >= 11 is 13.2. The summed E-state index contributed by atoms with van der Waals surface area (Å²) in [6.45, 7) is 2.01. The van der Waals surface area contributed by atoms with Crippen LogP contribution in [0.5, 0.6) is 17.2 Å². The summed E-state index contributed by atoms with van der Waals surface area (Å²) in [5.41, 5.74) is 0.417. The van der Waals surface area contributed by atoms with E-state index >= 15 is 0 Å². The number of halogens is 2. The van der Waals surface area contributed by atoms with E-state index in [2.05, 4.69) is 0 Å². The van der Waals surface area contributed by atoms with Crippen molar-refractivity contribution in [2.75, 3.05) is 19.8 Å². The fourth-order valence-electron chi connectivity index (χ4n) is 3.41. The van der Waals surface area contributed by atoms with Crippen LogP contribution in [0.1, 0.15) is 12.5 Å². The Bertz CT molecular complexity index is 1490. The maximum absolute atomic E-state index is 12.9. The highest BCUT2D eigenvalue weighted by Crippen LogP contribution is 2.40. The summed E-state index contributed by atoms with van der Waals surface area (Å²) in [7, 11) is -4.18. The minimum absolute atomic E-state index is 0.0301. The minimum Gasteiger partial charge on any atom is -0.490 e. The average molecular weight is 594 g/mol. The van der Waals surface area contributed by atoms with E-state index in [0.29, 0.717) is 16.3 Å². The number of imide groups is 1. The first-order valence-electron chi connectivity index (χ1n) is 11.3. The fourth-order valence-corrected chi connectivity index (χ4v) is 5.75. The quantitative estimate of drug-likeness (QED) is 0.200. The normalized spacial score (nSPS) is 14.7. The van der Waals surface area contributed by atoms with Crippen LogP contribution in [0, 0.1) is 0 Å². The molecule has 2 amide bonds. The fraction of sp³-hybridized carbons (Fsp3) is 0.154. The highest BCUT2D eigenvalue weighted by Gasteiger charge is 2.35. The molecule has 0 aliphatic carbocycles. The molecule has 38 heavy (non-hydrogen) atoms. The van der Waals surface area contributed by atoms with Crippen LogP contribution >= 0.6 is 35.0 Å². The molecule has 1 aliphatic heterocycles. The smallest absolute Gasteiger partial charge is 0.339 e. The van der Waals surface area contributed by atoms with Gasteiger partial charge in [0, 0.05) is 0 Å². The molecule has 12 heteroatoms. The van der Waals surface area contributed by atoms with Gasteiger partial charge in [-0.05, 0) is 66.7 Å². The maximum Gasteiger partial charge on any atom is 0.339 e. The van der Waals surface area contributed by atoms with E-state index in [0.717, 1.165) is 16.7 Å².